The van der Waals surface area contributed by atoms with E-state index in [0.717, 1.165) is 37.2 Å². The highest BCUT2D eigenvalue weighted by molar-refractivity contribution is 5.29. The van der Waals surface area contributed by atoms with Crippen molar-refractivity contribution in [2.24, 2.45) is 11.7 Å². The molecule has 100 valence electrons. The van der Waals surface area contributed by atoms with Gasteiger partial charge in [-0.25, -0.2) is 0 Å². The van der Waals surface area contributed by atoms with Gasteiger partial charge in [-0.1, -0.05) is 26.7 Å². The molecule has 1 aliphatic rings. The number of rotatable bonds is 4. The molecule has 18 heavy (non-hydrogen) atoms. The summed E-state index contributed by atoms with van der Waals surface area (Å²) in [4.78, 5) is 4.28. The van der Waals surface area contributed by atoms with Crippen LogP contribution in [-0.4, -0.2) is 11.6 Å². The highest BCUT2D eigenvalue weighted by Gasteiger charge is 2.33. The maximum absolute atomic E-state index is 6.57. The first-order valence-corrected chi connectivity index (χ1v) is 7.01. The van der Waals surface area contributed by atoms with Gasteiger partial charge in [-0.2, -0.15) is 0 Å². The number of aromatic nitrogens is 1. The lowest BCUT2D eigenvalue weighted by atomic mass is 9.73. The molecule has 0 spiro atoms. The van der Waals surface area contributed by atoms with Gasteiger partial charge in [0.15, 0.2) is 0 Å². The van der Waals surface area contributed by atoms with Crippen molar-refractivity contribution >= 4 is 0 Å². The third kappa shape index (κ3) is 3.02. The molecule has 3 heteroatoms. The maximum atomic E-state index is 6.57. The third-order valence-corrected chi connectivity index (χ3v) is 3.79. The molecule has 0 aliphatic heterocycles. The second-order valence-electron chi connectivity index (χ2n) is 5.62. The molecule has 1 aromatic heterocycles. The van der Waals surface area contributed by atoms with Crippen molar-refractivity contribution in [1.82, 2.24) is 4.98 Å². The fraction of sp³-hybridized carbons (Fsp3) is 0.667. The molecule has 1 heterocycles. The van der Waals surface area contributed by atoms with Crippen LogP contribution in [0.2, 0.25) is 0 Å². The van der Waals surface area contributed by atoms with Crippen molar-refractivity contribution in [3.8, 4) is 5.75 Å². The van der Waals surface area contributed by atoms with Crippen molar-refractivity contribution < 1.29 is 4.74 Å². The molecule has 0 amide bonds. The van der Waals surface area contributed by atoms with Gasteiger partial charge in [-0.05, 0) is 36.8 Å². The average molecular weight is 248 g/mol. The highest BCUT2D eigenvalue weighted by atomic mass is 16.5. The number of pyridine rings is 1. The predicted molar refractivity (Wildman–Crippen MR) is 73.5 cm³/mol. The van der Waals surface area contributed by atoms with Crippen LogP contribution in [-0.2, 0) is 5.54 Å². The minimum Gasteiger partial charge on any atom is -0.492 e. The number of hydrogen-bond donors (Lipinski definition) is 1. The van der Waals surface area contributed by atoms with E-state index in [1.54, 1.807) is 6.20 Å². The van der Waals surface area contributed by atoms with E-state index < -0.39 is 0 Å². The van der Waals surface area contributed by atoms with Crippen LogP contribution in [0.15, 0.2) is 18.5 Å². The summed E-state index contributed by atoms with van der Waals surface area (Å²) in [5, 5.41) is 0. The topological polar surface area (TPSA) is 48.1 Å². The van der Waals surface area contributed by atoms with Crippen molar-refractivity contribution in [1.29, 1.82) is 0 Å². The van der Waals surface area contributed by atoms with E-state index >= 15 is 0 Å². The van der Waals surface area contributed by atoms with Gasteiger partial charge >= 0.3 is 0 Å². The average Bonchev–Trinajstić information content (AvgIpc) is 2.36. The summed E-state index contributed by atoms with van der Waals surface area (Å²) in [5.74, 6) is 1.54. The number of ether oxygens (including phenoxy) is 1. The lowest BCUT2D eigenvalue weighted by Gasteiger charge is -2.37. The van der Waals surface area contributed by atoms with Crippen molar-refractivity contribution in [3.63, 3.8) is 0 Å². The Bertz CT molecular complexity index is 394. The molecule has 0 radical (unpaired) electrons. The molecule has 2 rings (SSSR count). The van der Waals surface area contributed by atoms with Gasteiger partial charge in [0.05, 0.1) is 12.8 Å². The number of nitrogens with zero attached hydrogens (tertiary/aromatic N) is 1. The molecule has 2 unspecified atom stereocenters. The van der Waals surface area contributed by atoms with E-state index in [0.29, 0.717) is 5.92 Å². The molecule has 3 nitrogen and oxygen atoms in total. The molecular formula is C15H24N2O. The van der Waals surface area contributed by atoms with Crippen LogP contribution in [0.25, 0.3) is 0 Å². The van der Waals surface area contributed by atoms with E-state index in [1.807, 2.05) is 6.20 Å². The van der Waals surface area contributed by atoms with Crippen LogP contribution in [0.5, 0.6) is 5.75 Å². The van der Waals surface area contributed by atoms with Crippen molar-refractivity contribution in [3.05, 3.63) is 24.0 Å². The van der Waals surface area contributed by atoms with Gasteiger partial charge in [0.1, 0.15) is 5.75 Å². The Labute approximate surface area is 110 Å². The minimum atomic E-state index is -0.212. The Kier molecular flexibility index (Phi) is 4.23. The molecule has 0 bridgehead atoms. The molecule has 1 saturated carbocycles. The molecule has 1 fully saturated rings. The number of hydrogen-bond acceptors (Lipinski definition) is 3. The van der Waals surface area contributed by atoms with Gasteiger partial charge in [0.2, 0.25) is 0 Å². The smallest absolute Gasteiger partial charge is 0.137 e. The van der Waals surface area contributed by atoms with Gasteiger partial charge in [0, 0.05) is 11.7 Å². The lowest BCUT2D eigenvalue weighted by Crippen LogP contribution is -2.41. The first kappa shape index (κ1) is 13.3. The summed E-state index contributed by atoms with van der Waals surface area (Å²) >= 11 is 0. The molecule has 2 atom stereocenters. The summed E-state index contributed by atoms with van der Waals surface area (Å²) in [7, 11) is 0. The minimum absolute atomic E-state index is 0.212. The first-order valence-electron chi connectivity index (χ1n) is 7.01. The summed E-state index contributed by atoms with van der Waals surface area (Å²) in [6.45, 7) is 5.12. The van der Waals surface area contributed by atoms with E-state index in [1.165, 1.54) is 12.8 Å². The molecule has 1 aliphatic carbocycles. The van der Waals surface area contributed by atoms with E-state index in [4.69, 9.17) is 10.5 Å². The normalized spacial score (nSPS) is 28.1. The summed E-state index contributed by atoms with van der Waals surface area (Å²) < 4.78 is 5.64. The van der Waals surface area contributed by atoms with Crippen molar-refractivity contribution in [2.45, 2.75) is 51.5 Å². The first-order chi connectivity index (χ1) is 8.64. The molecule has 0 aromatic carbocycles. The van der Waals surface area contributed by atoms with Crippen molar-refractivity contribution in [2.75, 3.05) is 6.61 Å². The van der Waals surface area contributed by atoms with Crippen LogP contribution in [0.4, 0.5) is 0 Å². The fourth-order valence-electron chi connectivity index (χ4n) is 2.84. The van der Waals surface area contributed by atoms with Crippen LogP contribution in [0.1, 0.15) is 51.5 Å². The van der Waals surface area contributed by atoms with Crippen LogP contribution < -0.4 is 10.5 Å². The maximum Gasteiger partial charge on any atom is 0.137 e. The second-order valence-corrected chi connectivity index (χ2v) is 5.62. The Morgan fingerprint density at radius 3 is 3.06 bits per heavy atom. The standard InChI is InChI=1S/C15H24N2O/c1-3-7-18-14-8-13(10-17-11-14)15(16)6-4-5-12(2)9-15/h8,10-12H,3-7,9,16H2,1-2H3. The lowest BCUT2D eigenvalue weighted by molar-refractivity contribution is 0.237. The predicted octanol–water partition coefficient (Wildman–Crippen LogP) is 3.23. The Balaban J connectivity index is 2.16. The van der Waals surface area contributed by atoms with E-state index in [2.05, 4.69) is 24.9 Å². The van der Waals surface area contributed by atoms with E-state index in [-0.39, 0.29) is 5.54 Å². The monoisotopic (exact) mass is 248 g/mol. The zero-order valence-corrected chi connectivity index (χ0v) is 11.5. The molecule has 1 aromatic rings. The molecular weight excluding hydrogens is 224 g/mol. The van der Waals surface area contributed by atoms with Crippen LogP contribution in [0, 0.1) is 5.92 Å². The molecule has 2 N–H and O–H groups in total. The van der Waals surface area contributed by atoms with Crippen LogP contribution in [0.3, 0.4) is 0 Å². The SMILES string of the molecule is CCCOc1cncc(C2(N)CCCC(C)C2)c1. The third-order valence-electron chi connectivity index (χ3n) is 3.79. The zero-order valence-electron chi connectivity index (χ0n) is 11.5. The number of nitrogens with two attached hydrogens (primary N) is 1. The second kappa shape index (κ2) is 5.70. The summed E-state index contributed by atoms with van der Waals surface area (Å²) in [5.41, 5.74) is 7.49. The van der Waals surface area contributed by atoms with E-state index in [9.17, 15) is 0 Å². The van der Waals surface area contributed by atoms with Crippen LogP contribution >= 0.6 is 0 Å². The Morgan fingerprint density at radius 2 is 2.33 bits per heavy atom. The molecule has 0 saturated heterocycles. The summed E-state index contributed by atoms with van der Waals surface area (Å²) in [6, 6.07) is 2.07. The quantitative estimate of drug-likeness (QED) is 0.890. The van der Waals surface area contributed by atoms with Gasteiger partial charge < -0.3 is 10.5 Å². The van der Waals surface area contributed by atoms with Gasteiger partial charge in [0.25, 0.3) is 0 Å². The largest absolute Gasteiger partial charge is 0.492 e. The van der Waals surface area contributed by atoms with Gasteiger partial charge in [-0.3, -0.25) is 4.98 Å². The Morgan fingerprint density at radius 1 is 1.50 bits per heavy atom. The highest BCUT2D eigenvalue weighted by Crippen LogP contribution is 2.38. The van der Waals surface area contributed by atoms with Gasteiger partial charge in [-0.15, -0.1) is 0 Å². The Hall–Kier alpha value is -1.09. The fourth-order valence-corrected chi connectivity index (χ4v) is 2.84. The zero-order chi connectivity index (χ0) is 13.0. The summed E-state index contributed by atoms with van der Waals surface area (Å²) in [6.07, 6.45) is 9.28.